The molecule has 156 valence electrons. The van der Waals surface area contributed by atoms with Crippen molar-refractivity contribution in [2.45, 2.75) is 33.1 Å². The minimum atomic E-state index is -0.0127. The molecule has 1 aliphatic heterocycles. The summed E-state index contributed by atoms with van der Waals surface area (Å²) in [4.78, 5) is 19.6. The summed E-state index contributed by atoms with van der Waals surface area (Å²) < 4.78 is 2.21. The summed E-state index contributed by atoms with van der Waals surface area (Å²) >= 11 is 0. The van der Waals surface area contributed by atoms with Gasteiger partial charge in [-0.05, 0) is 89.1 Å². The summed E-state index contributed by atoms with van der Waals surface area (Å²) in [5, 5.41) is 3.05. The van der Waals surface area contributed by atoms with Crippen LogP contribution < -0.4 is 5.32 Å². The van der Waals surface area contributed by atoms with Crippen LogP contribution >= 0.6 is 0 Å². The van der Waals surface area contributed by atoms with Crippen molar-refractivity contribution in [2.24, 2.45) is 0 Å². The van der Waals surface area contributed by atoms with E-state index in [0.717, 1.165) is 29.9 Å². The van der Waals surface area contributed by atoms with Crippen molar-refractivity contribution in [1.29, 1.82) is 0 Å². The van der Waals surface area contributed by atoms with Gasteiger partial charge in [-0.3, -0.25) is 9.78 Å². The molecule has 1 saturated heterocycles. The van der Waals surface area contributed by atoms with Gasteiger partial charge in [-0.15, -0.1) is 0 Å². The van der Waals surface area contributed by atoms with Crippen molar-refractivity contribution in [3.63, 3.8) is 0 Å². The van der Waals surface area contributed by atoms with Crippen molar-refractivity contribution >= 4 is 5.91 Å². The zero-order valence-corrected chi connectivity index (χ0v) is 17.9. The van der Waals surface area contributed by atoms with Crippen molar-refractivity contribution < 1.29 is 4.79 Å². The minimum absolute atomic E-state index is 0.0127. The minimum Gasteiger partial charge on any atom is -0.352 e. The highest BCUT2D eigenvalue weighted by molar-refractivity contribution is 5.94. The van der Waals surface area contributed by atoms with Crippen LogP contribution in [0.2, 0.25) is 0 Å². The van der Waals surface area contributed by atoms with Gasteiger partial charge in [0.2, 0.25) is 0 Å². The molecule has 3 heterocycles. The molecule has 0 radical (unpaired) electrons. The van der Waals surface area contributed by atoms with Gasteiger partial charge < -0.3 is 14.8 Å². The van der Waals surface area contributed by atoms with Gasteiger partial charge in [-0.2, -0.15) is 0 Å². The number of hydrogen-bond donors (Lipinski definition) is 1. The van der Waals surface area contributed by atoms with Gasteiger partial charge in [0.1, 0.15) is 0 Å². The summed E-state index contributed by atoms with van der Waals surface area (Å²) in [5.74, 6) is -0.0127. The predicted octanol–water partition coefficient (Wildman–Crippen LogP) is 4.37. The van der Waals surface area contributed by atoms with Gasteiger partial charge in [0.25, 0.3) is 5.91 Å². The third-order valence-electron chi connectivity index (χ3n) is 5.85. The van der Waals surface area contributed by atoms with Crippen LogP contribution in [0.5, 0.6) is 0 Å². The number of nitrogens with one attached hydrogen (secondary N) is 1. The van der Waals surface area contributed by atoms with Crippen molar-refractivity contribution in [1.82, 2.24) is 19.8 Å². The molecule has 5 heteroatoms. The Morgan fingerprint density at radius 3 is 2.40 bits per heavy atom. The van der Waals surface area contributed by atoms with Gasteiger partial charge in [-0.25, -0.2) is 0 Å². The van der Waals surface area contributed by atoms with Gasteiger partial charge in [0.15, 0.2) is 0 Å². The number of nitrogens with zero attached hydrogens (tertiary/aromatic N) is 3. The Hall–Kier alpha value is -2.92. The Morgan fingerprint density at radius 2 is 1.70 bits per heavy atom. The van der Waals surface area contributed by atoms with E-state index in [0.29, 0.717) is 12.1 Å². The van der Waals surface area contributed by atoms with E-state index in [-0.39, 0.29) is 5.91 Å². The third-order valence-corrected chi connectivity index (χ3v) is 5.85. The van der Waals surface area contributed by atoms with Crippen LogP contribution in [0.15, 0.2) is 54.7 Å². The van der Waals surface area contributed by atoms with Crippen LogP contribution in [0.4, 0.5) is 0 Å². The zero-order valence-electron chi connectivity index (χ0n) is 17.9. The molecule has 1 N–H and O–H groups in total. The average molecular weight is 403 g/mol. The average Bonchev–Trinajstić information content (AvgIpc) is 3.41. The first kappa shape index (κ1) is 20.4. The molecule has 0 aliphatic carbocycles. The molecule has 1 aliphatic rings. The van der Waals surface area contributed by atoms with E-state index in [1.807, 2.05) is 36.5 Å². The lowest BCUT2D eigenvalue weighted by Crippen LogP contribution is -2.28. The quantitative estimate of drug-likeness (QED) is 0.597. The summed E-state index contributed by atoms with van der Waals surface area (Å²) in [6.07, 6.45) is 5.42. The van der Waals surface area contributed by atoms with E-state index >= 15 is 0 Å². The van der Waals surface area contributed by atoms with Gasteiger partial charge in [0.05, 0.1) is 11.4 Å². The Morgan fingerprint density at radius 1 is 1.00 bits per heavy atom. The van der Waals surface area contributed by atoms with E-state index in [2.05, 4.69) is 51.8 Å². The standard InChI is InChI=1S/C25H30N4O/c1-19-8-9-20(2)29(19)23-7-5-14-26-24(23)21-10-12-22(13-11-21)25(30)27-15-6-18-28-16-3-4-17-28/h5,7-14H,3-4,6,15-18H2,1-2H3,(H,27,30). The fraction of sp³-hybridized carbons (Fsp3) is 0.360. The second-order valence-electron chi connectivity index (χ2n) is 8.06. The van der Waals surface area contributed by atoms with Crippen LogP contribution in [0.25, 0.3) is 16.9 Å². The number of amides is 1. The normalized spacial score (nSPS) is 14.2. The lowest BCUT2D eigenvalue weighted by atomic mass is 10.1. The number of carbonyl (C=O) groups excluding carboxylic acids is 1. The van der Waals surface area contributed by atoms with Crippen molar-refractivity contribution in [3.05, 3.63) is 71.7 Å². The van der Waals surface area contributed by atoms with Gasteiger partial charge >= 0.3 is 0 Å². The molecule has 5 nitrogen and oxygen atoms in total. The van der Waals surface area contributed by atoms with Crippen LogP contribution in [-0.2, 0) is 0 Å². The van der Waals surface area contributed by atoms with E-state index in [4.69, 9.17) is 0 Å². The smallest absolute Gasteiger partial charge is 0.251 e. The maximum absolute atomic E-state index is 12.5. The molecule has 1 amide bonds. The number of hydrogen-bond acceptors (Lipinski definition) is 3. The number of rotatable bonds is 7. The Balaban J connectivity index is 1.43. The molecule has 0 atom stereocenters. The number of benzene rings is 1. The highest BCUT2D eigenvalue weighted by Crippen LogP contribution is 2.27. The van der Waals surface area contributed by atoms with Crippen molar-refractivity contribution in [2.75, 3.05) is 26.2 Å². The molecule has 1 fully saturated rings. The monoisotopic (exact) mass is 402 g/mol. The molecule has 0 saturated carbocycles. The molecular weight excluding hydrogens is 372 g/mol. The SMILES string of the molecule is Cc1ccc(C)n1-c1cccnc1-c1ccc(C(=O)NCCCN2CCCC2)cc1. The maximum Gasteiger partial charge on any atom is 0.251 e. The molecule has 0 bridgehead atoms. The largest absolute Gasteiger partial charge is 0.352 e. The van der Waals surface area contributed by atoms with E-state index in [9.17, 15) is 4.79 Å². The molecule has 4 rings (SSSR count). The Kier molecular flexibility index (Phi) is 6.29. The number of carbonyl (C=O) groups is 1. The second kappa shape index (κ2) is 9.26. The van der Waals surface area contributed by atoms with Crippen LogP contribution in [0.3, 0.4) is 0 Å². The Bertz CT molecular complexity index is 981. The summed E-state index contributed by atoms with van der Waals surface area (Å²) in [6, 6.07) is 16.0. The Labute approximate surface area is 178 Å². The highest BCUT2D eigenvalue weighted by Gasteiger charge is 2.13. The number of aryl methyl sites for hydroxylation is 2. The molecule has 0 spiro atoms. The topological polar surface area (TPSA) is 50.2 Å². The van der Waals surface area contributed by atoms with Crippen molar-refractivity contribution in [3.8, 4) is 16.9 Å². The van der Waals surface area contributed by atoms with E-state index in [1.54, 1.807) is 0 Å². The summed E-state index contributed by atoms with van der Waals surface area (Å²) in [7, 11) is 0. The highest BCUT2D eigenvalue weighted by atomic mass is 16.1. The molecule has 0 unspecified atom stereocenters. The lowest BCUT2D eigenvalue weighted by Gasteiger charge is -2.15. The molecular formula is C25H30N4O. The number of aromatic nitrogens is 2. The lowest BCUT2D eigenvalue weighted by molar-refractivity contribution is 0.0952. The van der Waals surface area contributed by atoms with Gasteiger partial charge in [-0.1, -0.05) is 12.1 Å². The zero-order chi connectivity index (χ0) is 20.9. The molecule has 3 aromatic rings. The van der Waals surface area contributed by atoms with Gasteiger partial charge in [0, 0.05) is 35.3 Å². The molecule has 30 heavy (non-hydrogen) atoms. The third kappa shape index (κ3) is 4.46. The fourth-order valence-electron chi connectivity index (χ4n) is 4.24. The number of pyridine rings is 1. The van der Waals surface area contributed by atoms with E-state index in [1.165, 1.54) is 37.3 Å². The number of likely N-dealkylation sites (tertiary alicyclic amines) is 1. The van der Waals surface area contributed by atoms with E-state index < -0.39 is 0 Å². The predicted molar refractivity (Wildman–Crippen MR) is 121 cm³/mol. The first-order valence-corrected chi connectivity index (χ1v) is 10.8. The fourth-order valence-corrected chi connectivity index (χ4v) is 4.24. The first-order chi connectivity index (χ1) is 14.6. The first-order valence-electron chi connectivity index (χ1n) is 10.8. The van der Waals surface area contributed by atoms with Crippen LogP contribution in [0.1, 0.15) is 41.0 Å². The second-order valence-corrected chi connectivity index (χ2v) is 8.06. The summed E-state index contributed by atoms with van der Waals surface area (Å²) in [5.41, 5.74) is 6.00. The van der Waals surface area contributed by atoms with Crippen LogP contribution in [0, 0.1) is 13.8 Å². The molecule has 2 aromatic heterocycles. The maximum atomic E-state index is 12.5. The van der Waals surface area contributed by atoms with Crippen LogP contribution in [-0.4, -0.2) is 46.5 Å². The summed E-state index contributed by atoms with van der Waals surface area (Å²) in [6.45, 7) is 8.38. The molecule has 1 aromatic carbocycles.